The first kappa shape index (κ1) is 13.1. The number of aromatic nitrogens is 1. The molecule has 0 radical (unpaired) electrons. The van der Waals surface area contributed by atoms with Crippen LogP contribution in [0.3, 0.4) is 0 Å². The van der Waals surface area contributed by atoms with Crippen molar-refractivity contribution < 1.29 is 13.9 Å². The quantitative estimate of drug-likeness (QED) is 0.924. The van der Waals surface area contributed by atoms with Gasteiger partial charge in [-0.15, -0.1) is 0 Å². The molecule has 0 fully saturated rings. The van der Waals surface area contributed by atoms with E-state index in [1.54, 1.807) is 26.2 Å². The van der Waals surface area contributed by atoms with Gasteiger partial charge in [0, 0.05) is 17.2 Å². The van der Waals surface area contributed by atoms with Crippen LogP contribution in [0.15, 0.2) is 24.3 Å². The molecule has 4 nitrogen and oxygen atoms in total. The highest BCUT2D eigenvalue weighted by atomic mass is 19.1. The Bertz CT molecular complexity index is 615. The molecule has 0 atom stereocenters. The van der Waals surface area contributed by atoms with Crippen LogP contribution in [0.2, 0.25) is 0 Å². The molecule has 0 saturated heterocycles. The van der Waals surface area contributed by atoms with E-state index in [0.717, 1.165) is 0 Å². The molecule has 100 valence electrons. The fraction of sp³-hybridized carbons (Fsp3) is 0.214. The molecule has 2 N–H and O–H groups in total. The first-order valence-electron chi connectivity index (χ1n) is 5.71. The zero-order valence-corrected chi connectivity index (χ0v) is 11.0. The van der Waals surface area contributed by atoms with Crippen LogP contribution in [0.25, 0.3) is 11.1 Å². The monoisotopic (exact) mass is 262 g/mol. The molecule has 0 bridgehead atoms. The number of anilines is 1. The van der Waals surface area contributed by atoms with Gasteiger partial charge in [0.05, 0.1) is 19.9 Å². The molecule has 5 heteroatoms. The standard InChI is InChI=1S/C14H15FN2O2/c1-8-12(18-2)7-11(14(16)17-8)10-5-4-9(15)6-13(10)19-3/h4-7H,1-3H3,(H2,16,17). The van der Waals surface area contributed by atoms with E-state index in [4.69, 9.17) is 15.2 Å². The number of pyridine rings is 1. The molecule has 0 amide bonds. The minimum Gasteiger partial charge on any atom is -0.496 e. The summed E-state index contributed by atoms with van der Waals surface area (Å²) in [6.45, 7) is 1.81. The summed E-state index contributed by atoms with van der Waals surface area (Å²) in [5.41, 5.74) is 7.95. The van der Waals surface area contributed by atoms with E-state index in [2.05, 4.69) is 4.98 Å². The van der Waals surface area contributed by atoms with E-state index in [-0.39, 0.29) is 5.82 Å². The van der Waals surface area contributed by atoms with Gasteiger partial charge in [0.1, 0.15) is 23.1 Å². The van der Waals surface area contributed by atoms with Gasteiger partial charge in [-0.2, -0.15) is 0 Å². The SMILES string of the molecule is COc1cc(F)ccc1-c1cc(OC)c(C)nc1N. The van der Waals surface area contributed by atoms with Crippen LogP contribution < -0.4 is 15.2 Å². The number of hydrogen-bond donors (Lipinski definition) is 1. The highest BCUT2D eigenvalue weighted by Gasteiger charge is 2.14. The van der Waals surface area contributed by atoms with Crippen molar-refractivity contribution in [3.8, 4) is 22.6 Å². The van der Waals surface area contributed by atoms with Gasteiger partial charge in [-0.1, -0.05) is 0 Å². The normalized spacial score (nSPS) is 10.3. The van der Waals surface area contributed by atoms with E-state index >= 15 is 0 Å². The number of nitrogens with two attached hydrogens (primary N) is 1. The van der Waals surface area contributed by atoms with Crippen molar-refractivity contribution in [1.82, 2.24) is 4.98 Å². The maximum atomic E-state index is 13.2. The zero-order valence-electron chi connectivity index (χ0n) is 11.0. The van der Waals surface area contributed by atoms with Crippen molar-refractivity contribution in [3.05, 3.63) is 35.8 Å². The molecule has 2 rings (SSSR count). The highest BCUT2D eigenvalue weighted by Crippen LogP contribution is 2.36. The van der Waals surface area contributed by atoms with E-state index in [1.165, 1.54) is 19.2 Å². The smallest absolute Gasteiger partial charge is 0.140 e. The lowest BCUT2D eigenvalue weighted by atomic mass is 10.0. The number of ether oxygens (including phenoxy) is 2. The largest absolute Gasteiger partial charge is 0.496 e. The minimum absolute atomic E-state index is 0.350. The molecule has 2 aromatic rings. The number of rotatable bonds is 3. The Balaban J connectivity index is 2.64. The second kappa shape index (κ2) is 5.14. The number of halogens is 1. The fourth-order valence-corrected chi connectivity index (χ4v) is 1.92. The third kappa shape index (κ3) is 2.45. The Hall–Kier alpha value is -2.30. The molecule has 19 heavy (non-hydrogen) atoms. The maximum Gasteiger partial charge on any atom is 0.140 e. The predicted octanol–water partition coefficient (Wildman–Crippen LogP) is 2.80. The van der Waals surface area contributed by atoms with Crippen LogP contribution in [0.1, 0.15) is 5.69 Å². The lowest BCUT2D eigenvalue weighted by Gasteiger charge is -2.13. The molecular weight excluding hydrogens is 247 g/mol. The van der Waals surface area contributed by atoms with Gasteiger partial charge >= 0.3 is 0 Å². The van der Waals surface area contributed by atoms with Crippen molar-refractivity contribution in [1.29, 1.82) is 0 Å². The van der Waals surface area contributed by atoms with Crippen molar-refractivity contribution in [3.63, 3.8) is 0 Å². The molecule has 0 spiro atoms. The van der Waals surface area contributed by atoms with E-state index in [1.807, 2.05) is 0 Å². The van der Waals surface area contributed by atoms with Crippen molar-refractivity contribution in [2.45, 2.75) is 6.92 Å². The van der Waals surface area contributed by atoms with Crippen molar-refractivity contribution in [2.75, 3.05) is 20.0 Å². The molecule has 1 heterocycles. The topological polar surface area (TPSA) is 57.4 Å². The third-order valence-electron chi connectivity index (χ3n) is 2.87. The van der Waals surface area contributed by atoms with E-state index < -0.39 is 0 Å². The van der Waals surface area contributed by atoms with Gasteiger partial charge in [-0.3, -0.25) is 0 Å². The van der Waals surface area contributed by atoms with Gasteiger partial charge in [0.2, 0.25) is 0 Å². The molecule has 0 unspecified atom stereocenters. The molecular formula is C14H15FN2O2. The van der Waals surface area contributed by atoms with Gasteiger partial charge in [-0.05, 0) is 25.1 Å². The lowest BCUT2D eigenvalue weighted by Crippen LogP contribution is -2.00. The summed E-state index contributed by atoms with van der Waals surface area (Å²) < 4.78 is 23.6. The third-order valence-corrected chi connectivity index (χ3v) is 2.87. The molecule has 0 aliphatic carbocycles. The van der Waals surface area contributed by atoms with Crippen LogP contribution in [-0.4, -0.2) is 19.2 Å². The summed E-state index contributed by atoms with van der Waals surface area (Å²) in [4.78, 5) is 4.22. The fourth-order valence-electron chi connectivity index (χ4n) is 1.92. The van der Waals surface area contributed by atoms with Crippen LogP contribution in [0, 0.1) is 12.7 Å². The molecule has 0 aliphatic heterocycles. The Kier molecular flexibility index (Phi) is 3.55. The zero-order chi connectivity index (χ0) is 14.0. The Morgan fingerprint density at radius 1 is 1.05 bits per heavy atom. The Morgan fingerprint density at radius 2 is 1.74 bits per heavy atom. The average molecular weight is 262 g/mol. The Morgan fingerprint density at radius 3 is 2.37 bits per heavy atom. The summed E-state index contributed by atoms with van der Waals surface area (Å²) in [5.74, 6) is 1.00. The van der Waals surface area contributed by atoms with Crippen molar-refractivity contribution in [2.24, 2.45) is 0 Å². The van der Waals surface area contributed by atoms with Gasteiger partial charge in [0.15, 0.2) is 0 Å². The second-order valence-corrected chi connectivity index (χ2v) is 4.05. The van der Waals surface area contributed by atoms with Crippen LogP contribution >= 0.6 is 0 Å². The van der Waals surface area contributed by atoms with Gasteiger partial charge in [0.25, 0.3) is 0 Å². The van der Waals surface area contributed by atoms with Crippen LogP contribution in [0.4, 0.5) is 10.2 Å². The number of aryl methyl sites for hydroxylation is 1. The first-order valence-corrected chi connectivity index (χ1v) is 5.71. The maximum absolute atomic E-state index is 13.2. The first-order chi connectivity index (χ1) is 9.06. The minimum atomic E-state index is -0.369. The molecule has 0 aliphatic rings. The number of methoxy groups -OCH3 is 2. The molecule has 0 saturated carbocycles. The van der Waals surface area contributed by atoms with E-state index in [9.17, 15) is 4.39 Å². The van der Waals surface area contributed by atoms with Gasteiger partial charge in [-0.25, -0.2) is 9.37 Å². The summed E-state index contributed by atoms with van der Waals surface area (Å²) in [6, 6.07) is 6.04. The number of nitrogens with zero attached hydrogens (tertiary/aromatic N) is 1. The summed E-state index contributed by atoms with van der Waals surface area (Å²) >= 11 is 0. The average Bonchev–Trinajstić information content (AvgIpc) is 2.39. The predicted molar refractivity (Wildman–Crippen MR) is 71.9 cm³/mol. The van der Waals surface area contributed by atoms with Crippen LogP contribution in [-0.2, 0) is 0 Å². The number of benzene rings is 1. The number of hydrogen-bond acceptors (Lipinski definition) is 4. The molecule has 1 aromatic heterocycles. The summed E-state index contributed by atoms with van der Waals surface area (Å²) in [5, 5.41) is 0. The van der Waals surface area contributed by atoms with E-state index in [0.29, 0.717) is 34.1 Å². The summed E-state index contributed by atoms with van der Waals surface area (Å²) in [6.07, 6.45) is 0. The second-order valence-electron chi connectivity index (χ2n) is 4.05. The highest BCUT2D eigenvalue weighted by molar-refractivity contribution is 5.79. The van der Waals surface area contributed by atoms with Gasteiger partial charge < -0.3 is 15.2 Å². The lowest BCUT2D eigenvalue weighted by molar-refractivity contribution is 0.408. The summed E-state index contributed by atoms with van der Waals surface area (Å²) in [7, 11) is 3.04. The molecule has 1 aromatic carbocycles. The van der Waals surface area contributed by atoms with Crippen molar-refractivity contribution >= 4 is 5.82 Å². The number of nitrogen functional groups attached to an aromatic ring is 1. The van der Waals surface area contributed by atoms with Crippen LogP contribution in [0.5, 0.6) is 11.5 Å². The Labute approximate surface area is 111 Å².